The van der Waals surface area contributed by atoms with Crippen molar-refractivity contribution in [2.45, 2.75) is 30.4 Å². The largest absolute Gasteiger partial charge is 0.469 e. The summed E-state index contributed by atoms with van der Waals surface area (Å²) in [7, 11) is 0.471. The lowest BCUT2D eigenvalue weighted by Crippen LogP contribution is -2.61. The Morgan fingerprint density at radius 3 is 1.56 bits per heavy atom. The molecule has 0 aromatic carbocycles. The summed E-state index contributed by atoms with van der Waals surface area (Å²) in [6, 6.07) is 0. The van der Waals surface area contributed by atoms with Gasteiger partial charge in [0.05, 0.1) is 7.11 Å². The van der Waals surface area contributed by atoms with Gasteiger partial charge in [0.1, 0.15) is 6.42 Å². The Bertz CT molecular complexity index is 319. The Balaban J connectivity index is 5.42. The number of alkyl halides is 9. The molecule has 0 atom stereocenters. The zero-order valence-electron chi connectivity index (χ0n) is 8.43. The van der Waals surface area contributed by atoms with Crippen molar-refractivity contribution in [2.75, 3.05) is 7.11 Å². The summed E-state index contributed by atoms with van der Waals surface area (Å²) in [4.78, 5) is 10.3. The molecule has 0 radical (unpaired) electrons. The maximum atomic E-state index is 12.6. The minimum Gasteiger partial charge on any atom is -0.469 e. The maximum absolute atomic E-state index is 12.6. The average Bonchev–Trinajstić information content (AvgIpc) is 2.14. The molecule has 0 N–H and O–H groups in total. The van der Waals surface area contributed by atoms with E-state index in [9.17, 15) is 44.3 Å². The number of methoxy groups -OCH3 is 1. The highest BCUT2D eigenvalue weighted by molar-refractivity contribution is 5.70. The molecule has 2 nitrogen and oxygen atoms in total. The van der Waals surface area contributed by atoms with Crippen LogP contribution < -0.4 is 0 Å². The van der Waals surface area contributed by atoms with Crippen molar-refractivity contribution >= 4 is 5.97 Å². The van der Waals surface area contributed by atoms with Crippen LogP contribution in [0, 0.1) is 0 Å². The van der Waals surface area contributed by atoms with Crippen molar-refractivity contribution in [3.8, 4) is 0 Å². The Morgan fingerprint density at radius 1 is 0.889 bits per heavy atom. The fraction of sp³-hybridized carbons (Fsp3) is 0.857. The number of carbonyl (C=O) groups is 1. The van der Waals surface area contributed by atoms with Crippen molar-refractivity contribution in [3.63, 3.8) is 0 Å². The summed E-state index contributed by atoms with van der Waals surface area (Å²) in [6.07, 6.45) is -9.50. The average molecular weight is 292 g/mol. The van der Waals surface area contributed by atoms with E-state index in [1.165, 1.54) is 0 Å². The number of esters is 1. The van der Waals surface area contributed by atoms with Crippen LogP contribution >= 0.6 is 0 Å². The van der Waals surface area contributed by atoms with Crippen LogP contribution in [0.15, 0.2) is 0 Å². The molecule has 0 fully saturated rings. The number of hydrogen-bond donors (Lipinski definition) is 0. The van der Waals surface area contributed by atoms with Gasteiger partial charge in [-0.15, -0.1) is 0 Å². The molecule has 0 spiro atoms. The van der Waals surface area contributed by atoms with Gasteiger partial charge in [0.25, 0.3) is 0 Å². The van der Waals surface area contributed by atoms with E-state index < -0.39 is 36.3 Å². The fourth-order valence-electron chi connectivity index (χ4n) is 0.772. The van der Waals surface area contributed by atoms with Crippen molar-refractivity contribution in [3.05, 3.63) is 0 Å². The van der Waals surface area contributed by atoms with E-state index >= 15 is 0 Å². The summed E-state index contributed by atoms with van der Waals surface area (Å²) in [5.74, 6) is -21.7. The molecular weight excluding hydrogens is 287 g/mol. The van der Waals surface area contributed by atoms with Crippen LogP contribution in [-0.4, -0.2) is 37.0 Å². The summed E-state index contributed by atoms with van der Waals surface area (Å²) < 4.78 is 113. The van der Waals surface area contributed by atoms with E-state index in [-0.39, 0.29) is 0 Å². The van der Waals surface area contributed by atoms with Gasteiger partial charge >= 0.3 is 29.9 Å². The van der Waals surface area contributed by atoms with Gasteiger partial charge in [-0.05, 0) is 0 Å². The molecule has 0 rings (SSSR count). The highest BCUT2D eigenvalue weighted by atomic mass is 19.4. The van der Waals surface area contributed by atoms with Gasteiger partial charge < -0.3 is 4.74 Å². The first-order valence-corrected chi connectivity index (χ1v) is 3.97. The van der Waals surface area contributed by atoms with E-state index in [0.717, 1.165) is 0 Å². The summed E-state index contributed by atoms with van der Waals surface area (Å²) in [5.41, 5.74) is 0. The standard InChI is InChI=1S/C7H5F9O2/c1-18-3(17)2-4(8,9)5(10,11)6(12,13)7(14,15)16/h2H2,1H3. The molecule has 18 heavy (non-hydrogen) atoms. The topological polar surface area (TPSA) is 26.3 Å². The Kier molecular flexibility index (Phi) is 4.21. The van der Waals surface area contributed by atoms with E-state index in [0.29, 0.717) is 7.11 Å². The second kappa shape index (κ2) is 4.50. The van der Waals surface area contributed by atoms with Gasteiger partial charge in [0.15, 0.2) is 0 Å². The summed E-state index contributed by atoms with van der Waals surface area (Å²) >= 11 is 0. The highest BCUT2D eigenvalue weighted by Crippen LogP contribution is 2.53. The van der Waals surface area contributed by atoms with Crippen molar-refractivity contribution in [1.82, 2.24) is 0 Å². The van der Waals surface area contributed by atoms with Crippen LogP contribution in [0.25, 0.3) is 0 Å². The number of hydrogen-bond acceptors (Lipinski definition) is 2. The van der Waals surface area contributed by atoms with Crippen LogP contribution in [0.3, 0.4) is 0 Å². The Labute approximate surface area is 93.7 Å². The zero-order valence-corrected chi connectivity index (χ0v) is 8.43. The summed E-state index contributed by atoms with van der Waals surface area (Å²) in [6.45, 7) is 0. The number of halogens is 9. The first-order valence-electron chi connectivity index (χ1n) is 3.97. The highest BCUT2D eigenvalue weighted by Gasteiger charge is 2.81. The minimum absolute atomic E-state index is 0.471. The Morgan fingerprint density at radius 2 is 1.28 bits per heavy atom. The lowest BCUT2D eigenvalue weighted by atomic mass is 10.0. The lowest BCUT2D eigenvalue weighted by Gasteiger charge is -2.33. The van der Waals surface area contributed by atoms with E-state index in [4.69, 9.17) is 0 Å². The maximum Gasteiger partial charge on any atom is 0.460 e. The quantitative estimate of drug-likeness (QED) is 0.588. The van der Waals surface area contributed by atoms with Crippen molar-refractivity contribution < 1.29 is 49.0 Å². The second-order valence-corrected chi connectivity index (χ2v) is 3.10. The first-order chi connectivity index (χ1) is 7.70. The molecule has 0 bridgehead atoms. The van der Waals surface area contributed by atoms with E-state index in [1.807, 2.05) is 0 Å². The summed E-state index contributed by atoms with van der Waals surface area (Å²) in [5, 5.41) is 0. The van der Waals surface area contributed by atoms with Gasteiger partial charge in [-0.2, -0.15) is 39.5 Å². The predicted molar refractivity (Wildman–Crippen MR) is 37.5 cm³/mol. The van der Waals surface area contributed by atoms with E-state index in [1.54, 1.807) is 0 Å². The lowest BCUT2D eigenvalue weighted by molar-refractivity contribution is -0.395. The normalized spacial score (nSPS) is 14.6. The zero-order chi connectivity index (χ0) is 15.0. The molecular formula is C7H5F9O2. The molecule has 108 valence electrons. The number of rotatable bonds is 4. The molecule has 0 heterocycles. The van der Waals surface area contributed by atoms with Gasteiger partial charge in [-0.3, -0.25) is 4.79 Å². The SMILES string of the molecule is COC(=O)CC(F)(F)C(F)(F)C(F)(F)C(F)(F)F. The predicted octanol–water partition coefficient (Wildman–Crippen LogP) is 3.02. The number of carbonyl (C=O) groups excluding carboxylic acids is 1. The fourth-order valence-corrected chi connectivity index (χ4v) is 0.772. The monoisotopic (exact) mass is 292 g/mol. The smallest absolute Gasteiger partial charge is 0.460 e. The molecule has 0 aromatic heterocycles. The molecule has 0 aliphatic rings. The van der Waals surface area contributed by atoms with Crippen molar-refractivity contribution in [2.24, 2.45) is 0 Å². The van der Waals surface area contributed by atoms with Crippen LogP contribution in [0.5, 0.6) is 0 Å². The first kappa shape index (κ1) is 16.8. The Hall–Kier alpha value is -1.16. The molecule has 11 heteroatoms. The third-order valence-corrected chi connectivity index (χ3v) is 1.80. The molecule has 0 saturated heterocycles. The molecule has 0 aliphatic carbocycles. The molecule has 0 saturated carbocycles. The van der Waals surface area contributed by atoms with Crippen LogP contribution in [-0.2, 0) is 9.53 Å². The second-order valence-electron chi connectivity index (χ2n) is 3.10. The van der Waals surface area contributed by atoms with Gasteiger partial charge in [-0.25, -0.2) is 0 Å². The number of ether oxygens (including phenoxy) is 1. The molecule has 0 amide bonds. The van der Waals surface area contributed by atoms with Crippen LogP contribution in [0.1, 0.15) is 6.42 Å². The van der Waals surface area contributed by atoms with Crippen LogP contribution in [0.2, 0.25) is 0 Å². The van der Waals surface area contributed by atoms with Gasteiger partial charge in [0.2, 0.25) is 0 Å². The van der Waals surface area contributed by atoms with Crippen molar-refractivity contribution in [1.29, 1.82) is 0 Å². The molecule has 0 unspecified atom stereocenters. The van der Waals surface area contributed by atoms with Crippen LogP contribution in [0.4, 0.5) is 39.5 Å². The van der Waals surface area contributed by atoms with E-state index in [2.05, 4.69) is 4.74 Å². The molecule has 0 aliphatic heterocycles. The van der Waals surface area contributed by atoms with Gasteiger partial charge in [0, 0.05) is 0 Å². The van der Waals surface area contributed by atoms with Gasteiger partial charge in [-0.1, -0.05) is 0 Å². The third-order valence-electron chi connectivity index (χ3n) is 1.80. The third kappa shape index (κ3) is 2.64. The molecule has 0 aromatic rings. The minimum atomic E-state index is -6.99.